The Morgan fingerprint density at radius 3 is 0.873 bits per heavy atom. The molecular weight excluding hydrogens is 877 g/mol. The molecule has 0 aromatic heterocycles. The van der Waals surface area contributed by atoms with Crippen LogP contribution in [0.5, 0.6) is 0 Å². The molecule has 0 aromatic carbocycles. The fourth-order valence-corrected chi connectivity index (χ4v) is 8.57. The zero-order valence-corrected chi connectivity index (χ0v) is 47.0. The smallest absolute Gasteiger partial charge is 0.306 e. The third-order valence-corrected chi connectivity index (χ3v) is 13.2. The van der Waals surface area contributed by atoms with Gasteiger partial charge in [0.15, 0.2) is 6.10 Å². The number of unbranched alkanes of at least 4 members (excludes halogenated alkanes) is 32. The van der Waals surface area contributed by atoms with E-state index < -0.39 is 6.10 Å². The van der Waals surface area contributed by atoms with E-state index >= 15 is 0 Å². The van der Waals surface area contributed by atoms with Crippen LogP contribution in [0.25, 0.3) is 0 Å². The van der Waals surface area contributed by atoms with E-state index in [2.05, 4.69) is 93.7 Å². The molecule has 1 atom stereocenters. The van der Waals surface area contributed by atoms with Crippen LogP contribution in [-0.4, -0.2) is 37.2 Å². The summed E-state index contributed by atoms with van der Waals surface area (Å²) < 4.78 is 16.8. The zero-order chi connectivity index (χ0) is 51.4. The van der Waals surface area contributed by atoms with Gasteiger partial charge in [0, 0.05) is 19.3 Å². The lowest BCUT2D eigenvalue weighted by atomic mass is 10.0. The van der Waals surface area contributed by atoms with Crippen molar-refractivity contribution in [3.05, 3.63) is 72.9 Å². The lowest BCUT2D eigenvalue weighted by Crippen LogP contribution is -2.30. The van der Waals surface area contributed by atoms with Gasteiger partial charge in [-0.3, -0.25) is 14.4 Å². The predicted octanol–water partition coefficient (Wildman–Crippen LogP) is 20.5. The first-order valence-electron chi connectivity index (χ1n) is 30.4. The molecule has 0 spiro atoms. The molecular formula is C65H114O6. The minimum atomic E-state index is -0.779. The summed E-state index contributed by atoms with van der Waals surface area (Å²) in [4.78, 5) is 38.0. The minimum Gasteiger partial charge on any atom is -0.462 e. The normalized spacial score (nSPS) is 12.5. The molecule has 0 aromatic rings. The number of hydrogen-bond acceptors (Lipinski definition) is 6. The molecule has 0 N–H and O–H groups in total. The Balaban J connectivity index is 4.06. The first-order chi connectivity index (χ1) is 35.0. The van der Waals surface area contributed by atoms with Crippen molar-refractivity contribution in [3.8, 4) is 0 Å². The first kappa shape index (κ1) is 67.8. The second-order valence-electron chi connectivity index (χ2n) is 20.2. The molecule has 0 bridgehead atoms. The average Bonchev–Trinajstić information content (AvgIpc) is 3.37. The maximum Gasteiger partial charge on any atom is 0.306 e. The monoisotopic (exact) mass is 991 g/mol. The van der Waals surface area contributed by atoms with Crippen LogP contribution in [0.3, 0.4) is 0 Å². The molecule has 6 nitrogen and oxygen atoms in total. The van der Waals surface area contributed by atoms with Gasteiger partial charge >= 0.3 is 17.9 Å². The van der Waals surface area contributed by atoms with E-state index in [9.17, 15) is 14.4 Å². The first-order valence-corrected chi connectivity index (χ1v) is 30.4. The van der Waals surface area contributed by atoms with Crippen molar-refractivity contribution in [1.82, 2.24) is 0 Å². The van der Waals surface area contributed by atoms with Gasteiger partial charge in [-0.2, -0.15) is 0 Å². The molecule has 0 heterocycles. The van der Waals surface area contributed by atoms with Gasteiger partial charge in [-0.25, -0.2) is 0 Å². The number of carbonyl (C=O) groups excluding carboxylic acids is 3. The number of allylic oxidation sites excluding steroid dienone is 12. The molecule has 410 valence electrons. The standard InChI is InChI=1S/C65H114O6/c1-4-7-10-13-16-19-22-23-24-25-26-27-28-29-30-31-32-33-34-35-36-37-38-39-40-41-44-46-49-52-55-58-64(67)70-61-62(71-65(68)59-56-53-50-47-43-21-18-15-12-9-6-3)60-69-63(66)57-54-51-48-45-42-20-17-14-11-8-5-2/h7,10,14-19,23-24,26-27,62H,4-6,8-9,11-13,20-22,25,28-61H2,1-3H3/b10-7-,17-14-,18-15-,19-16-,24-23-,27-26-. The van der Waals surface area contributed by atoms with Gasteiger partial charge in [-0.05, 0) is 96.3 Å². The number of rotatable bonds is 55. The van der Waals surface area contributed by atoms with Gasteiger partial charge in [0.2, 0.25) is 0 Å². The van der Waals surface area contributed by atoms with Crippen molar-refractivity contribution < 1.29 is 28.6 Å². The number of hydrogen-bond donors (Lipinski definition) is 0. The fourth-order valence-electron chi connectivity index (χ4n) is 8.57. The Hall–Kier alpha value is -3.15. The van der Waals surface area contributed by atoms with Crippen LogP contribution in [0.4, 0.5) is 0 Å². The van der Waals surface area contributed by atoms with Gasteiger partial charge in [0.1, 0.15) is 13.2 Å². The molecule has 6 heteroatoms. The lowest BCUT2D eigenvalue weighted by molar-refractivity contribution is -0.167. The minimum absolute atomic E-state index is 0.0782. The van der Waals surface area contributed by atoms with Gasteiger partial charge in [-0.1, -0.05) is 261 Å². The van der Waals surface area contributed by atoms with Crippen LogP contribution in [0, 0.1) is 0 Å². The molecule has 1 unspecified atom stereocenters. The van der Waals surface area contributed by atoms with E-state index in [-0.39, 0.29) is 31.1 Å². The largest absolute Gasteiger partial charge is 0.462 e. The van der Waals surface area contributed by atoms with E-state index in [1.165, 1.54) is 161 Å². The van der Waals surface area contributed by atoms with E-state index in [0.717, 1.165) is 103 Å². The van der Waals surface area contributed by atoms with Gasteiger partial charge in [0.05, 0.1) is 0 Å². The molecule has 71 heavy (non-hydrogen) atoms. The Kier molecular flexibility index (Phi) is 56.8. The highest BCUT2D eigenvalue weighted by Gasteiger charge is 2.19. The van der Waals surface area contributed by atoms with Crippen LogP contribution >= 0.6 is 0 Å². The second kappa shape index (κ2) is 59.4. The Morgan fingerprint density at radius 2 is 0.549 bits per heavy atom. The van der Waals surface area contributed by atoms with Crippen LogP contribution in [0.2, 0.25) is 0 Å². The molecule has 0 amide bonds. The summed E-state index contributed by atoms with van der Waals surface area (Å²) in [6.07, 6.45) is 76.4. The van der Waals surface area contributed by atoms with Crippen LogP contribution in [0.15, 0.2) is 72.9 Å². The van der Waals surface area contributed by atoms with Crippen molar-refractivity contribution in [2.45, 2.75) is 309 Å². The van der Waals surface area contributed by atoms with E-state index in [1.54, 1.807) is 0 Å². The molecule has 0 aliphatic heterocycles. The zero-order valence-electron chi connectivity index (χ0n) is 47.0. The van der Waals surface area contributed by atoms with Crippen molar-refractivity contribution in [2.75, 3.05) is 13.2 Å². The average molecular weight is 992 g/mol. The van der Waals surface area contributed by atoms with Gasteiger partial charge < -0.3 is 14.2 Å². The molecule has 0 rings (SSSR count). The molecule has 0 radical (unpaired) electrons. The lowest BCUT2D eigenvalue weighted by Gasteiger charge is -2.18. The molecule has 0 saturated heterocycles. The third kappa shape index (κ3) is 57.6. The summed E-state index contributed by atoms with van der Waals surface area (Å²) in [6, 6.07) is 0. The fraction of sp³-hybridized carbons (Fsp3) is 0.769. The van der Waals surface area contributed by atoms with Crippen molar-refractivity contribution >= 4 is 17.9 Å². The summed E-state index contributed by atoms with van der Waals surface area (Å²) in [5.74, 6) is -0.889. The van der Waals surface area contributed by atoms with E-state index in [4.69, 9.17) is 14.2 Å². The maximum absolute atomic E-state index is 12.8. The number of carbonyl (C=O) groups is 3. The van der Waals surface area contributed by atoms with Crippen molar-refractivity contribution in [1.29, 1.82) is 0 Å². The molecule has 0 aliphatic rings. The quantitative estimate of drug-likeness (QED) is 0.0261. The van der Waals surface area contributed by atoms with E-state index in [1.807, 2.05) is 0 Å². The number of esters is 3. The summed E-state index contributed by atoms with van der Waals surface area (Å²) in [5, 5.41) is 0. The Bertz CT molecular complexity index is 1320. The van der Waals surface area contributed by atoms with Crippen molar-refractivity contribution in [3.63, 3.8) is 0 Å². The summed E-state index contributed by atoms with van der Waals surface area (Å²) >= 11 is 0. The highest BCUT2D eigenvalue weighted by molar-refractivity contribution is 5.71. The van der Waals surface area contributed by atoms with Gasteiger partial charge in [-0.15, -0.1) is 0 Å². The molecule has 0 aliphatic carbocycles. The summed E-state index contributed by atoms with van der Waals surface area (Å²) in [5.41, 5.74) is 0. The SMILES string of the molecule is CC/C=C\C/C=C\C/C=C\C/C=C\CCCCCCCCCCCCCCCCCCCCC(=O)OCC(COC(=O)CCCCCCC/C=C\CCCC)OC(=O)CCCCCCC/C=C\CCCC. The highest BCUT2D eigenvalue weighted by Crippen LogP contribution is 2.17. The highest BCUT2D eigenvalue weighted by atomic mass is 16.6. The summed E-state index contributed by atoms with van der Waals surface area (Å²) in [6.45, 7) is 6.46. The topological polar surface area (TPSA) is 78.9 Å². The van der Waals surface area contributed by atoms with Crippen LogP contribution in [-0.2, 0) is 28.6 Å². The molecule has 0 saturated carbocycles. The second-order valence-corrected chi connectivity index (χ2v) is 20.2. The van der Waals surface area contributed by atoms with E-state index in [0.29, 0.717) is 19.3 Å². The molecule has 0 fully saturated rings. The van der Waals surface area contributed by atoms with Gasteiger partial charge in [0.25, 0.3) is 0 Å². The third-order valence-electron chi connectivity index (χ3n) is 13.2. The Morgan fingerprint density at radius 1 is 0.296 bits per heavy atom. The van der Waals surface area contributed by atoms with Crippen molar-refractivity contribution in [2.24, 2.45) is 0 Å². The van der Waals surface area contributed by atoms with Crippen LogP contribution < -0.4 is 0 Å². The Labute approximate surface area is 440 Å². The maximum atomic E-state index is 12.8. The number of ether oxygens (including phenoxy) is 3. The van der Waals surface area contributed by atoms with Crippen LogP contribution in [0.1, 0.15) is 303 Å². The summed E-state index contributed by atoms with van der Waals surface area (Å²) in [7, 11) is 0. The predicted molar refractivity (Wildman–Crippen MR) is 307 cm³/mol.